The van der Waals surface area contributed by atoms with Gasteiger partial charge in [-0.05, 0) is 18.4 Å². The molecule has 2 amide bonds. The van der Waals surface area contributed by atoms with Crippen molar-refractivity contribution in [2.75, 3.05) is 6.54 Å². The average molecular weight is 258 g/mol. The Hall–Kier alpha value is -1.84. The molecule has 2 fully saturated rings. The van der Waals surface area contributed by atoms with Crippen LogP contribution in [0.5, 0.6) is 0 Å². The van der Waals surface area contributed by atoms with E-state index in [-0.39, 0.29) is 11.8 Å². The van der Waals surface area contributed by atoms with Gasteiger partial charge in [-0.15, -0.1) is 0 Å². The number of amides is 2. The summed E-state index contributed by atoms with van der Waals surface area (Å²) in [6.07, 6.45) is 3.16. The monoisotopic (exact) mass is 258 g/mol. The fraction of sp³-hybridized carbons (Fsp3) is 0.467. The van der Waals surface area contributed by atoms with Crippen LogP contribution in [0.1, 0.15) is 24.8 Å². The van der Waals surface area contributed by atoms with Gasteiger partial charge in [0.25, 0.3) is 0 Å². The molecule has 2 aliphatic rings. The standard InChI is InChI=1S/C15H18N2O2/c18-14-8-9-17(12-6-7-12)15(19)13(16-14)10-11-4-2-1-3-5-11/h1-5,12-13H,6-10H2,(H,16,18). The molecule has 1 aromatic rings. The van der Waals surface area contributed by atoms with E-state index >= 15 is 0 Å². The lowest BCUT2D eigenvalue weighted by atomic mass is 10.1. The second-order valence-electron chi connectivity index (χ2n) is 5.32. The van der Waals surface area contributed by atoms with Crippen LogP contribution in [0.4, 0.5) is 0 Å². The van der Waals surface area contributed by atoms with Gasteiger partial charge in [0.1, 0.15) is 6.04 Å². The highest BCUT2D eigenvalue weighted by molar-refractivity contribution is 5.90. The maximum Gasteiger partial charge on any atom is 0.245 e. The number of nitrogens with one attached hydrogen (secondary N) is 1. The van der Waals surface area contributed by atoms with Crippen LogP contribution in [-0.2, 0) is 16.0 Å². The summed E-state index contributed by atoms with van der Waals surface area (Å²) in [6.45, 7) is 0.570. The SMILES string of the molecule is O=C1CCN(C2CC2)C(=O)C(Cc2ccccc2)N1. The number of nitrogens with zero attached hydrogens (tertiary/aromatic N) is 1. The molecular formula is C15H18N2O2. The summed E-state index contributed by atoms with van der Waals surface area (Å²) in [5.41, 5.74) is 1.08. The molecule has 1 aliphatic heterocycles. The molecule has 1 N–H and O–H groups in total. The van der Waals surface area contributed by atoms with Crippen LogP contribution in [0.25, 0.3) is 0 Å². The van der Waals surface area contributed by atoms with Gasteiger partial charge in [0.05, 0.1) is 0 Å². The fourth-order valence-corrected chi connectivity index (χ4v) is 2.60. The van der Waals surface area contributed by atoms with Gasteiger partial charge in [-0.2, -0.15) is 0 Å². The van der Waals surface area contributed by atoms with Crippen molar-refractivity contribution in [3.63, 3.8) is 0 Å². The van der Waals surface area contributed by atoms with E-state index in [1.165, 1.54) is 0 Å². The molecule has 0 aromatic heterocycles. The van der Waals surface area contributed by atoms with Gasteiger partial charge >= 0.3 is 0 Å². The molecule has 1 aromatic carbocycles. The summed E-state index contributed by atoms with van der Waals surface area (Å²) >= 11 is 0. The third-order valence-electron chi connectivity index (χ3n) is 3.77. The third-order valence-corrected chi connectivity index (χ3v) is 3.77. The minimum Gasteiger partial charge on any atom is -0.344 e. The average Bonchev–Trinajstić information content (AvgIpc) is 3.23. The van der Waals surface area contributed by atoms with Crippen molar-refractivity contribution in [2.45, 2.75) is 37.8 Å². The van der Waals surface area contributed by atoms with Crippen LogP contribution in [0.2, 0.25) is 0 Å². The number of hydrogen-bond donors (Lipinski definition) is 1. The van der Waals surface area contributed by atoms with Crippen molar-refractivity contribution in [2.24, 2.45) is 0 Å². The van der Waals surface area contributed by atoms with Crippen LogP contribution in [0.3, 0.4) is 0 Å². The molecule has 1 unspecified atom stereocenters. The van der Waals surface area contributed by atoms with Crippen molar-refractivity contribution in [3.05, 3.63) is 35.9 Å². The number of rotatable bonds is 3. The van der Waals surface area contributed by atoms with Gasteiger partial charge < -0.3 is 10.2 Å². The van der Waals surface area contributed by atoms with E-state index in [9.17, 15) is 9.59 Å². The number of benzene rings is 1. The van der Waals surface area contributed by atoms with E-state index in [4.69, 9.17) is 0 Å². The second kappa shape index (κ2) is 5.03. The molecule has 3 rings (SSSR count). The molecule has 0 radical (unpaired) electrons. The Kier molecular flexibility index (Phi) is 3.23. The zero-order valence-corrected chi connectivity index (χ0v) is 10.8. The molecule has 0 bridgehead atoms. The van der Waals surface area contributed by atoms with E-state index in [2.05, 4.69) is 5.32 Å². The van der Waals surface area contributed by atoms with Gasteiger partial charge in [-0.1, -0.05) is 30.3 Å². The lowest BCUT2D eigenvalue weighted by Gasteiger charge is -2.23. The first kappa shape index (κ1) is 12.2. The van der Waals surface area contributed by atoms with Crippen LogP contribution >= 0.6 is 0 Å². The Bertz CT molecular complexity index is 482. The van der Waals surface area contributed by atoms with Crippen molar-refractivity contribution in [1.82, 2.24) is 10.2 Å². The summed E-state index contributed by atoms with van der Waals surface area (Å²) in [7, 11) is 0. The highest BCUT2D eigenvalue weighted by atomic mass is 16.2. The zero-order chi connectivity index (χ0) is 13.2. The van der Waals surface area contributed by atoms with E-state index < -0.39 is 6.04 Å². The van der Waals surface area contributed by atoms with Gasteiger partial charge in [-0.3, -0.25) is 9.59 Å². The molecule has 1 atom stereocenters. The van der Waals surface area contributed by atoms with Gasteiger partial charge in [-0.25, -0.2) is 0 Å². The Balaban J connectivity index is 1.76. The number of carbonyl (C=O) groups excluding carboxylic acids is 2. The first-order chi connectivity index (χ1) is 9.24. The Morgan fingerprint density at radius 3 is 2.58 bits per heavy atom. The van der Waals surface area contributed by atoms with Crippen molar-refractivity contribution < 1.29 is 9.59 Å². The van der Waals surface area contributed by atoms with E-state index in [1.54, 1.807) is 0 Å². The minimum absolute atomic E-state index is 0.0163. The van der Waals surface area contributed by atoms with Gasteiger partial charge in [0.15, 0.2) is 0 Å². The summed E-state index contributed by atoms with van der Waals surface area (Å²) in [5, 5.41) is 2.86. The normalized spacial score (nSPS) is 24.0. The molecule has 1 saturated heterocycles. The Morgan fingerprint density at radius 1 is 1.16 bits per heavy atom. The molecule has 100 valence electrons. The molecule has 1 saturated carbocycles. The van der Waals surface area contributed by atoms with E-state index in [1.807, 2.05) is 35.2 Å². The largest absolute Gasteiger partial charge is 0.344 e. The number of carbonyl (C=O) groups is 2. The minimum atomic E-state index is -0.405. The summed E-state index contributed by atoms with van der Waals surface area (Å²) < 4.78 is 0. The smallest absolute Gasteiger partial charge is 0.245 e. The first-order valence-corrected chi connectivity index (χ1v) is 6.88. The van der Waals surface area contributed by atoms with Crippen LogP contribution in [0, 0.1) is 0 Å². The molecule has 0 spiro atoms. The quantitative estimate of drug-likeness (QED) is 0.883. The predicted molar refractivity (Wildman–Crippen MR) is 71.4 cm³/mol. The van der Waals surface area contributed by atoms with Gasteiger partial charge in [0.2, 0.25) is 11.8 Å². The lowest BCUT2D eigenvalue weighted by molar-refractivity contribution is -0.134. The summed E-state index contributed by atoms with van der Waals surface area (Å²) in [5.74, 6) is 0.0645. The molecule has 1 heterocycles. The third kappa shape index (κ3) is 2.78. The topological polar surface area (TPSA) is 49.4 Å². The highest BCUT2D eigenvalue weighted by Crippen LogP contribution is 2.28. The summed E-state index contributed by atoms with van der Waals surface area (Å²) in [6, 6.07) is 9.82. The van der Waals surface area contributed by atoms with Crippen molar-refractivity contribution in [1.29, 1.82) is 0 Å². The first-order valence-electron chi connectivity index (χ1n) is 6.88. The maximum absolute atomic E-state index is 12.5. The van der Waals surface area contributed by atoms with E-state index in [0.717, 1.165) is 18.4 Å². The molecule has 1 aliphatic carbocycles. The zero-order valence-electron chi connectivity index (χ0n) is 10.8. The van der Waals surface area contributed by atoms with Crippen LogP contribution in [-0.4, -0.2) is 35.3 Å². The second-order valence-corrected chi connectivity index (χ2v) is 5.32. The maximum atomic E-state index is 12.5. The van der Waals surface area contributed by atoms with E-state index in [0.29, 0.717) is 25.4 Å². The Labute approximate surface area is 112 Å². The Morgan fingerprint density at radius 2 is 1.89 bits per heavy atom. The van der Waals surface area contributed by atoms with Crippen molar-refractivity contribution in [3.8, 4) is 0 Å². The van der Waals surface area contributed by atoms with Crippen molar-refractivity contribution >= 4 is 11.8 Å². The molecule has 19 heavy (non-hydrogen) atoms. The molecular weight excluding hydrogens is 240 g/mol. The predicted octanol–water partition coefficient (Wildman–Crippen LogP) is 1.11. The van der Waals surface area contributed by atoms with Crippen LogP contribution in [0.15, 0.2) is 30.3 Å². The van der Waals surface area contributed by atoms with Gasteiger partial charge in [0, 0.05) is 25.4 Å². The highest BCUT2D eigenvalue weighted by Gasteiger charge is 2.38. The number of hydrogen-bond acceptors (Lipinski definition) is 2. The fourth-order valence-electron chi connectivity index (χ4n) is 2.60. The molecule has 4 heteroatoms. The molecule has 4 nitrogen and oxygen atoms in total. The van der Waals surface area contributed by atoms with Crippen LogP contribution < -0.4 is 5.32 Å². The lowest BCUT2D eigenvalue weighted by Crippen LogP contribution is -2.46. The summed E-state index contributed by atoms with van der Waals surface area (Å²) in [4.78, 5) is 26.1.